The maximum atomic E-state index is 12.6. The molecular weight excluding hydrogens is 323 g/mol. The van der Waals surface area contributed by atoms with Gasteiger partial charge in [-0.3, -0.25) is 10.00 Å². The molecule has 3 heterocycles. The molecule has 0 aliphatic carbocycles. The van der Waals surface area contributed by atoms with Gasteiger partial charge >= 0.3 is 6.18 Å². The third-order valence-electron chi connectivity index (χ3n) is 4.51. The average molecular weight is 343 g/mol. The van der Waals surface area contributed by atoms with Gasteiger partial charge < -0.3 is 9.52 Å². The highest BCUT2D eigenvalue weighted by molar-refractivity contribution is 5.56. The number of aryl methyl sites for hydroxylation is 1. The third-order valence-corrected chi connectivity index (χ3v) is 4.51. The van der Waals surface area contributed by atoms with Gasteiger partial charge in [0, 0.05) is 12.1 Å². The molecule has 2 aromatic heterocycles. The topological polar surface area (TPSA) is 65.3 Å². The number of halogens is 3. The largest absolute Gasteiger partial charge is 0.460 e. The van der Waals surface area contributed by atoms with E-state index >= 15 is 0 Å². The fraction of sp³-hybridized carbons (Fsp3) is 0.562. The summed E-state index contributed by atoms with van der Waals surface area (Å²) in [7, 11) is 0. The number of nitrogens with zero attached hydrogens (tertiary/aromatic N) is 2. The highest BCUT2D eigenvalue weighted by Gasteiger charge is 2.44. The van der Waals surface area contributed by atoms with Crippen LogP contribution < -0.4 is 0 Å². The first-order chi connectivity index (χ1) is 11.3. The van der Waals surface area contributed by atoms with Crippen molar-refractivity contribution in [2.75, 3.05) is 13.1 Å². The zero-order chi connectivity index (χ0) is 17.3. The van der Waals surface area contributed by atoms with Crippen LogP contribution in [0, 0.1) is 12.8 Å². The SMILES string of the molecule is Cc1ccc(-c2[nH]ncc2CN2CCC(C(O)C(F)(F)F)CC2)o1. The normalized spacial score (nSPS) is 18.9. The van der Waals surface area contributed by atoms with Crippen LogP contribution in [0.4, 0.5) is 13.2 Å². The van der Waals surface area contributed by atoms with E-state index in [1.165, 1.54) is 0 Å². The maximum Gasteiger partial charge on any atom is 0.414 e. The van der Waals surface area contributed by atoms with Crippen molar-refractivity contribution in [2.45, 2.75) is 38.6 Å². The number of alkyl halides is 3. The summed E-state index contributed by atoms with van der Waals surface area (Å²) in [6, 6.07) is 3.72. The highest BCUT2D eigenvalue weighted by atomic mass is 19.4. The van der Waals surface area contributed by atoms with Crippen molar-refractivity contribution in [1.82, 2.24) is 15.1 Å². The Bertz CT molecular complexity index is 672. The molecule has 2 N–H and O–H groups in total. The summed E-state index contributed by atoms with van der Waals surface area (Å²) >= 11 is 0. The number of aliphatic hydroxyl groups is 1. The number of nitrogens with one attached hydrogen (secondary N) is 1. The number of likely N-dealkylation sites (tertiary alicyclic amines) is 1. The van der Waals surface area contributed by atoms with E-state index < -0.39 is 18.2 Å². The number of furan rings is 1. The fourth-order valence-electron chi connectivity index (χ4n) is 3.15. The van der Waals surface area contributed by atoms with Crippen molar-refractivity contribution in [3.05, 3.63) is 29.7 Å². The lowest BCUT2D eigenvalue weighted by molar-refractivity contribution is -0.223. The van der Waals surface area contributed by atoms with E-state index in [0.29, 0.717) is 38.2 Å². The summed E-state index contributed by atoms with van der Waals surface area (Å²) in [5, 5.41) is 16.3. The summed E-state index contributed by atoms with van der Waals surface area (Å²) in [6.07, 6.45) is -4.40. The Morgan fingerprint density at radius 3 is 2.67 bits per heavy atom. The number of hydrogen-bond donors (Lipinski definition) is 2. The molecule has 2 aromatic rings. The number of rotatable bonds is 4. The number of aliphatic hydroxyl groups excluding tert-OH is 1. The average Bonchev–Trinajstić information content (AvgIpc) is 3.15. The van der Waals surface area contributed by atoms with Crippen LogP contribution in [-0.4, -0.2) is 45.6 Å². The maximum absolute atomic E-state index is 12.6. The Balaban J connectivity index is 1.61. The molecule has 24 heavy (non-hydrogen) atoms. The second-order valence-corrected chi connectivity index (χ2v) is 6.28. The van der Waals surface area contributed by atoms with E-state index in [-0.39, 0.29) is 0 Å². The molecule has 0 aromatic carbocycles. The van der Waals surface area contributed by atoms with Gasteiger partial charge in [-0.25, -0.2) is 0 Å². The Morgan fingerprint density at radius 2 is 2.08 bits per heavy atom. The molecule has 1 fully saturated rings. The number of aromatic nitrogens is 2. The quantitative estimate of drug-likeness (QED) is 0.895. The zero-order valence-corrected chi connectivity index (χ0v) is 13.3. The van der Waals surface area contributed by atoms with Crippen LogP contribution >= 0.6 is 0 Å². The summed E-state index contributed by atoms with van der Waals surface area (Å²) in [6.45, 7) is 3.47. The van der Waals surface area contributed by atoms with E-state index in [1.54, 1.807) is 6.20 Å². The predicted octanol–water partition coefficient (Wildman–Crippen LogP) is 3.11. The number of piperidine rings is 1. The number of hydrogen-bond acceptors (Lipinski definition) is 4. The first-order valence-corrected chi connectivity index (χ1v) is 7.91. The lowest BCUT2D eigenvalue weighted by atomic mass is 9.90. The van der Waals surface area contributed by atoms with Gasteiger partial charge in [-0.2, -0.15) is 18.3 Å². The molecule has 3 rings (SSSR count). The van der Waals surface area contributed by atoms with Crippen molar-refractivity contribution >= 4 is 0 Å². The van der Waals surface area contributed by atoms with Gasteiger partial charge in [0.05, 0.1) is 6.20 Å². The van der Waals surface area contributed by atoms with Crippen molar-refractivity contribution in [2.24, 2.45) is 5.92 Å². The summed E-state index contributed by atoms with van der Waals surface area (Å²) < 4.78 is 43.4. The molecule has 0 saturated carbocycles. The molecule has 1 aliphatic rings. The van der Waals surface area contributed by atoms with E-state index in [9.17, 15) is 18.3 Å². The predicted molar refractivity (Wildman–Crippen MR) is 81.1 cm³/mol. The molecule has 1 unspecified atom stereocenters. The summed E-state index contributed by atoms with van der Waals surface area (Å²) in [4.78, 5) is 2.07. The smallest absolute Gasteiger partial charge is 0.414 e. The molecule has 0 spiro atoms. The van der Waals surface area contributed by atoms with Gasteiger partial charge in [-0.1, -0.05) is 0 Å². The highest BCUT2D eigenvalue weighted by Crippen LogP contribution is 2.32. The molecule has 8 heteroatoms. The lowest BCUT2D eigenvalue weighted by Crippen LogP contribution is -2.43. The van der Waals surface area contributed by atoms with Crippen LogP contribution in [-0.2, 0) is 6.54 Å². The first-order valence-electron chi connectivity index (χ1n) is 7.91. The lowest BCUT2D eigenvalue weighted by Gasteiger charge is -2.34. The molecule has 5 nitrogen and oxygen atoms in total. The van der Waals surface area contributed by atoms with Gasteiger partial charge in [0.2, 0.25) is 0 Å². The van der Waals surface area contributed by atoms with Gasteiger partial charge in [0.25, 0.3) is 0 Å². The van der Waals surface area contributed by atoms with Gasteiger partial charge in [0.15, 0.2) is 11.9 Å². The van der Waals surface area contributed by atoms with Crippen LogP contribution in [0.3, 0.4) is 0 Å². The first kappa shape index (κ1) is 17.0. The monoisotopic (exact) mass is 343 g/mol. The second-order valence-electron chi connectivity index (χ2n) is 6.28. The fourth-order valence-corrected chi connectivity index (χ4v) is 3.15. The second kappa shape index (κ2) is 6.60. The standard InChI is InChI=1S/C16H20F3N3O2/c1-10-2-3-13(24-10)14-12(8-20-21-14)9-22-6-4-11(5-7-22)15(23)16(17,18)19/h2-3,8,11,15,23H,4-7,9H2,1H3,(H,20,21). The number of aromatic amines is 1. The third kappa shape index (κ3) is 3.64. The van der Waals surface area contributed by atoms with Crippen LogP contribution in [0.1, 0.15) is 24.2 Å². The minimum Gasteiger partial charge on any atom is -0.460 e. The van der Waals surface area contributed by atoms with Crippen molar-refractivity contribution < 1.29 is 22.7 Å². The minimum absolute atomic E-state index is 0.327. The van der Waals surface area contributed by atoms with Gasteiger partial charge in [-0.15, -0.1) is 0 Å². The van der Waals surface area contributed by atoms with E-state index in [4.69, 9.17) is 4.42 Å². The van der Waals surface area contributed by atoms with Crippen LogP contribution in [0.5, 0.6) is 0 Å². The van der Waals surface area contributed by atoms with Crippen molar-refractivity contribution in [1.29, 1.82) is 0 Å². The number of H-pyrrole nitrogens is 1. The Labute approximate surface area is 137 Å². The van der Waals surface area contributed by atoms with Crippen LogP contribution in [0.2, 0.25) is 0 Å². The Morgan fingerprint density at radius 1 is 1.38 bits per heavy atom. The Hall–Kier alpha value is -1.80. The molecule has 0 amide bonds. The van der Waals surface area contributed by atoms with E-state index in [2.05, 4.69) is 15.1 Å². The Kier molecular flexibility index (Phi) is 4.69. The molecule has 1 saturated heterocycles. The molecule has 1 aliphatic heterocycles. The molecule has 1 atom stereocenters. The molecular formula is C16H20F3N3O2. The van der Waals surface area contributed by atoms with Crippen molar-refractivity contribution in [3.63, 3.8) is 0 Å². The molecule has 0 radical (unpaired) electrons. The zero-order valence-electron chi connectivity index (χ0n) is 13.3. The van der Waals surface area contributed by atoms with Crippen LogP contribution in [0.15, 0.2) is 22.7 Å². The van der Waals surface area contributed by atoms with E-state index in [0.717, 1.165) is 17.0 Å². The molecule has 132 valence electrons. The van der Waals surface area contributed by atoms with Gasteiger partial charge in [0.1, 0.15) is 11.5 Å². The van der Waals surface area contributed by atoms with Crippen molar-refractivity contribution in [3.8, 4) is 11.5 Å². The summed E-state index contributed by atoms with van der Waals surface area (Å²) in [5.41, 5.74) is 1.74. The van der Waals surface area contributed by atoms with E-state index in [1.807, 2.05) is 19.1 Å². The summed E-state index contributed by atoms with van der Waals surface area (Å²) in [5.74, 6) is 0.771. The minimum atomic E-state index is -4.54. The molecule has 0 bridgehead atoms. The van der Waals surface area contributed by atoms with Gasteiger partial charge in [-0.05, 0) is 50.9 Å². The van der Waals surface area contributed by atoms with Crippen LogP contribution in [0.25, 0.3) is 11.5 Å².